The molecular weight excluding hydrogens is 476 g/mol. The number of ether oxygens (including phenoxy) is 2. The first-order valence-electron chi connectivity index (χ1n) is 11.5. The van der Waals surface area contributed by atoms with Crippen LogP contribution in [0.5, 0.6) is 11.5 Å². The van der Waals surface area contributed by atoms with Gasteiger partial charge >= 0.3 is 0 Å². The van der Waals surface area contributed by atoms with E-state index >= 15 is 0 Å². The van der Waals surface area contributed by atoms with Crippen molar-refractivity contribution >= 4 is 23.0 Å². The molecule has 8 nitrogen and oxygen atoms in total. The molecule has 0 N–H and O–H groups in total. The monoisotopic (exact) mass is 498 g/mol. The topological polar surface area (TPSA) is 86.0 Å². The number of hydrogen-bond acceptors (Lipinski definition) is 7. The van der Waals surface area contributed by atoms with E-state index < -0.39 is 0 Å². The first kappa shape index (κ1) is 22.2. The average molecular weight is 499 g/mol. The molecule has 0 saturated heterocycles. The molecule has 4 aromatic rings. The summed E-state index contributed by atoms with van der Waals surface area (Å²) >= 11 is 1.59. The molecule has 9 heteroatoms. The number of aromatic nitrogens is 2. The fourth-order valence-electron chi connectivity index (χ4n) is 4.35. The third-order valence-electron chi connectivity index (χ3n) is 6.25. The second kappa shape index (κ2) is 9.09. The number of amides is 1. The summed E-state index contributed by atoms with van der Waals surface area (Å²) in [6, 6.07) is 20.4. The van der Waals surface area contributed by atoms with Gasteiger partial charge in [-0.2, -0.15) is 10.2 Å². The number of carbonyl (C=O) groups excluding carboxylic acids is 1. The van der Waals surface area contributed by atoms with Gasteiger partial charge in [0.1, 0.15) is 6.54 Å². The van der Waals surface area contributed by atoms with Crippen LogP contribution >= 0.6 is 11.3 Å². The van der Waals surface area contributed by atoms with Crippen LogP contribution in [-0.4, -0.2) is 33.2 Å². The van der Waals surface area contributed by atoms with Crippen LogP contribution in [0.1, 0.15) is 28.5 Å². The van der Waals surface area contributed by atoms with Gasteiger partial charge < -0.3 is 9.47 Å². The Kier molecular flexibility index (Phi) is 5.61. The first-order chi connectivity index (χ1) is 17.5. The van der Waals surface area contributed by atoms with Gasteiger partial charge in [-0.05, 0) is 48.2 Å². The molecule has 0 fully saturated rings. The van der Waals surface area contributed by atoms with E-state index in [4.69, 9.17) is 14.6 Å². The molecule has 1 unspecified atom stereocenters. The maximum Gasteiger partial charge on any atom is 0.267 e. The van der Waals surface area contributed by atoms with Crippen LogP contribution in [-0.2, 0) is 11.3 Å². The highest BCUT2D eigenvalue weighted by molar-refractivity contribution is 7.12. The molecule has 2 aromatic heterocycles. The summed E-state index contributed by atoms with van der Waals surface area (Å²) in [5.41, 5.74) is 3.96. The van der Waals surface area contributed by atoms with Crippen LogP contribution in [0.2, 0.25) is 0 Å². The van der Waals surface area contributed by atoms with Gasteiger partial charge in [-0.1, -0.05) is 35.9 Å². The van der Waals surface area contributed by atoms with Crippen LogP contribution in [0, 0.1) is 6.92 Å². The molecule has 2 aromatic carbocycles. The summed E-state index contributed by atoms with van der Waals surface area (Å²) in [7, 11) is 0. The van der Waals surface area contributed by atoms with Crippen molar-refractivity contribution < 1.29 is 14.3 Å². The van der Waals surface area contributed by atoms with E-state index in [9.17, 15) is 9.59 Å². The predicted molar refractivity (Wildman–Crippen MR) is 136 cm³/mol. The summed E-state index contributed by atoms with van der Waals surface area (Å²) in [4.78, 5) is 27.2. The fourth-order valence-corrected chi connectivity index (χ4v) is 5.07. The summed E-state index contributed by atoms with van der Waals surface area (Å²) in [5.74, 6) is 0.985. The Hall–Kier alpha value is -4.24. The van der Waals surface area contributed by atoms with Crippen LogP contribution in [0.4, 0.5) is 0 Å². The maximum atomic E-state index is 13.5. The zero-order valence-electron chi connectivity index (χ0n) is 19.5. The van der Waals surface area contributed by atoms with E-state index in [-0.39, 0.29) is 30.8 Å². The molecule has 0 spiro atoms. The molecule has 2 aliphatic heterocycles. The molecule has 0 aliphatic carbocycles. The van der Waals surface area contributed by atoms with Gasteiger partial charge in [0.05, 0.1) is 22.3 Å². The van der Waals surface area contributed by atoms with Crippen molar-refractivity contribution in [3.8, 4) is 22.8 Å². The van der Waals surface area contributed by atoms with Crippen molar-refractivity contribution in [1.29, 1.82) is 0 Å². The second-order valence-corrected chi connectivity index (χ2v) is 9.62. The molecule has 1 amide bonds. The van der Waals surface area contributed by atoms with Gasteiger partial charge in [-0.25, -0.2) is 9.69 Å². The van der Waals surface area contributed by atoms with E-state index in [1.54, 1.807) is 23.5 Å². The Morgan fingerprint density at radius 1 is 1.06 bits per heavy atom. The largest absolute Gasteiger partial charge is 0.454 e. The van der Waals surface area contributed by atoms with Crippen LogP contribution in [0.3, 0.4) is 0 Å². The molecule has 2 aliphatic rings. The van der Waals surface area contributed by atoms with Crippen molar-refractivity contribution in [1.82, 2.24) is 14.8 Å². The quantitative estimate of drug-likeness (QED) is 0.408. The van der Waals surface area contributed by atoms with Crippen LogP contribution in [0.15, 0.2) is 82.0 Å². The Balaban J connectivity index is 1.30. The van der Waals surface area contributed by atoms with Gasteiger partial charge in [0.25, 0.3) is 11.5 Å². The van der Waals surface area contributed by atoms with E-state index in [0.717, 1.165) is 27.3 Å². The first-order valence-corrected chi connectivity index (χ1v) is 12.4. The zero-order valence-corrected chi connectivity index (χ0v) is 20.3. The number of carbonyl (C=O) groups is 1. The number of rotatable bonds is 5. The van der Waals surface area contributed by atoms with Crippen molar-refractivity contribution in [3.63, 3.8) is 0 Å². The van der Waals surface area contributed by atoms with Gasteiger partial charge in [0.2, 0.25) is 6.79 Å². The lowest BCUT2D eigenvalue weighted by molar-refractivity contribution is -0.133. The Labute approximate surface area is 211 Å². The Bertz CT molecular complexity index is 1530. The molecular formula is C27H22N4O4S. The van der Waals surface area contributed by atoms with Crippen molar-refractivity contribution in [2.24, 2.45) is 5.10 Å². The van der Waals surface area contributed by atoms with Gasteiger partial charge in [0.15, 0.2) is 11.5 Å². The number of hydrogen-bond donors (Lipinski definition) is 0. The van der Waals surface area contributed by atoms with Crippen LogP contribution < -0.4 is 15.0 Å². The molecule has 0 radical (unpaired) electrons. The molecule has 6 rings (SSSR count). The minimum absolute atomic E-state index is 0.173. The number of thiophene rings is 1. The Morgan fingerprint density at radius 2 is 1.89 bits per heavy atom. The smallest absolute Gasteiger partial charge is 0.267 e. The molecule has 1 atom stereocenters. The van der Waals surface area contributed by atoms with Gasteiger partial charge in [0, 0.05) is 18.1 Å². The van der Waals surface area contributed by atoms with Gasteiger partial charge in [-0.3, -0.25) is 9.59 Å². The summed E-state index contributed by atoms with van der Waals surface area (Å²) in [6.07, 6.45) is 0.606. The second-order valence-electron chi connectivity index (χ2n) is 8.68. The number of benzene rings is 2. The van der Waals surface area contributed by atoms with E-state index in [0.29, 0.717) is 23.6 Å². The number of nitrogens with zero attached hydrogens (tertiary/aromatic N) is 4. The average Bonchev–Trinajstić information content (AvgIpc) is 3.65. The molecule has 0 saturated carbocycles. The maximum absolute atomic E-state index is 13.5. The third-order valence-corrected chi connectivity index (χ3v) is 7.17. The number of aryl methyl sites for hydroxylation is 1. The van der Waals surface area contributed by atoms with E-state index in [1.807, 2.05) is 60.8 Å². The molecule has 0 bridgehead atoms. The van der Waals surface area contributed by atoms with Crippen molar-refractivity contribution in [2.45, 2.75) is 25.9 Å². The summed E-state index contributed by atoms with van der Waals surface area (Å²) in [5, 5.41) is 12.7. The van der Waals surface area contributed by atoms with Crippen molar-refractivity contribution in [2.75, 3.05) is 6.79 Å². The van der Waals surface area contributed by atoms with E-state index in [1.165, 1.54) is 15.8 Å². The molecule has 36 heavy (non-hydrogen) atoms. The highest BCUT2D eigenvalue weighted by Crippen LogP contribution is 2.36. The minimum Gasteiger partial charge on any atom is -0.454 e. The Morgan fingerprint density at radius 3 is 2.69 bits per heavy atom. The third kappa shape index (κ3) is 4.18. The lowest BCUT2D eigenvalue weighted by atomic mass is 10.00. The minimum atomic E-state index is -0.360. The standard InChI is InChI=1S/C27H22N4O4S/c1-17-4-6-18(7-5-17)22-14-21(25-3-2-12-36-25)29-31(22)27(33)15-30-26(32)11-9-20(28-30)19-8-10-23-24(13-19)35-16-34-23/h2-13,22H,14-16H2,1H3. The van der Waals surface area contributed by atoms with Crippen LogP contribution in [0.25, 0.3) is 11.3 Å². The summed E-state index contributed by atoms with van der Waals surface area (Å²) in [6.45, 7) is 1.98. The van der Waals surface area contributed by atoms with Crippen molar-refractivity contribution in [3.05, 3.63) is 98.5 Å². The lowest BCUT2D eigenvalue weighted by Crippen LogP contribution is -2.34. The fraction of sp³-hybridized carbons (Fsp3) is 0.185. The number of fused-ring (bicyclic) bond motifs is 1. The van der Waals surface area contributed by atoms with E-state index in [2.05, 4.69) is 5.10 Å². The normalized spacial score (nSPS) is 16.3. The zero-order chi connectivity index (χ0) is 24.6. The predicted octanol–water partition coefficient (Wildman–Crippen LogP) is 4.39. The highest BCUT2D eigenvalue weighted by Gasteiger charge is 2.33. The summed E-state index contributed by atoms with van der Waals surface area (Å²) < 4.78 is 12.0. The lowest BCUT2D eigenvalue weighted by Gasteiger charge is -2.22. The molecule has 180 valence electrons. The molecule has 4 heterocycles. The highest BCUT2D eigenvalue weighted by atomic mass is 32.1. The van der Waals surface area contributed by atoms with Gasteiger partial charge in [-0.15, -0.1) is 11.3 Å². The number of hydrazone groups is 1. The SMILES string of the molecule is Cc1ccc(C2CC(c3cccs3)=NN2C(=O)Cn2nc(-c3ccc4c(c3)OCO4)ccc2=O)cc1.